The smallest absolute Gasteiger partial charge is 0.748 e. The van der Waals surface area contributed by atoms with Crippen LogP contribution < -0.4 is 34.3 Å². The van der Waals surface area contributed by atoms with Crippen molar-refractivity contribution in [1.82, 2.24) is 0 Å². The molecule has 0 N–H and O–H groups in total. The van der Waals surface area contributed by atoms with E-state index in [9.17, 15) is 13.0 Å². The molecule has 0 saturated heterocycles. The summed E-state index contributed by atoms with van der Waals surface area (Å²) >= 11 is 0. The van der Waals surface area contributed by atoms with Gasteiger partial charge in [-0.25, -0.2) is 8.42 Å². The van der Waals surface area contributed by atoms with Gasteiger partial charge in [-0.1, -0.05) is 90.2 Å². The van der Waals surface area contributed by atoms with Crippen molar-refractivity contribution in [2.75, 3.05) is 6.61 Å². The van der Waals surface area contributed by atoms with Crippen molar-refractivity contribution in [1.29, 1.82) is 0 Å². The van der Waals surface area contributed by atoms with Gasteiger partial charge in [-0.2, -0.15) is 0 Å². The molecule has 6 heteroatoms. The largest absolute Gasteiger partial charge is 1.00 e. The third kappa shape index (κ3) is 14.6. The first-order chi connectivity index (χ1) is 14.4. The first kappa shape index (κ1) is 30.9. The fourth-order valence-electron chi connectivity index (χ4n) is 3.59. The number of hydrogen-bond donors (Lipinski definition) is 0. The van der Waals surface area contributed by atoms with E-state index in [0.29, 0.717) is 0 Å². The molecule has 174 valence electrons. The predicted molar refractivity (Wildman–Crippen MR) is 125 cm³/mol. The first-order valence-corrected chi connectivity index (χ1v) is 13.5. The Balaban J connectivity index is 0.00000900. The molecule has 4 nitrogen and oxygen atoms in total. The molecular formula is C25H43NaO4S. The molecule has 0 aliphatic rings. The summed E-state index contributed by atoms with van der Waals surface area (Å²) in [5, 5.41) is -1.04. The van der Waals surface area contributed by atoms with Gasteiger partial charge in [0.1, 0.15) is 22.5 Å². The summed E-state index contributed by atoms with van der Waals surface area (Å²) in [7, 11) is -4.33. The molecule has 0 aromatic heterocycles. The monoisotopic (exact) mass is 462 g/mol. The van der Waals surface area contributed by atoms with Crippen LogP contribution in [0.25, 0.3) is 0 Å². The number of ether oxygens (including phenoxy) is 1. The van der Waals surface area contributed by atoms with Crippen molar-refractivity contribution in [2.45, 2.75) is 116 Å². The maximum absolute atomic E-state index is 11.2. The van der Waals surface area contributed by atoms with Crippen LogP contribution in [-0.4, -0.2) is 24.8 Å². The van der Waals surface area contributed by atoms with Gasteiger partial charge in [0.15, 0.2) is 0 Å². The second kappa shape index (κ2) is 18.4. The molecule has 1 unspecified atom stereocenters. The van der Waals surface area contributed by atoms with E-state index in [0.717, 1.165) is 37.0 Å². The zero-order valence-corrected chi connectivity index (χ0v) is 23.3. The molecule has 0 heterocycles. The maximum atomic E-state index is 11.2. The van der Waals surface area contributed by atoms with Gasteiger partial charge in [-0.15, -0.1) is 0 Å². The predicted octanol–water partition coefficient (Wildman–Crippen LogP) is 3.81. The SMILES string of the molecule is CCCCCCCCc1ccc(CCCCCCCC)c(OCC(C)S(=O)(=O)[O-])c1.[Na+]. The molecule has 0 aliphatic carbocycles. The number of aryl methyl sites for hydroxylation is 2. The van der Waals surface area contributed by atoms with Gasteiger partial charge in [0.25, 0.3) is 0 Å². The fourth-order valence-corrected chi connectivity index (χ4v) is 3.83. The van der Waals surface area contributed by atoms with Gasteiger partial charge in [0.05, 0.1) is 5.25 Å². The molecule has 1 aromatic rings. The van der Waals surface area contributed by atoms with Crippen LogP contribution in [0, 0.1) is 0 Å². The summed E-state index contributed by atoms with van der Waals surface area (Å²) in [6.45, 7) is 5.78. The van der Waals surface area contributed by atoms with Crippen LogP contribution in [0.15, 0.2) is 18.2 Å². The van der Waals surface area contributed by atoms with Crippen LogP contribution in [-0.2, 0) is 23.0 Å². The standard InChI is InChI=1S/C25H44O4S.Na/c1-4-6-8-10-12-14-16-23-18-19-24(17-15-13-11-9-7-5-2)25(20-23)29-21-22(3)30(26,27)28;/h18-20,22H,4-17,21H2,1-3H3,(H,26,27,28);/q;+1/p-1. The molecule has 1 rings (SSSR count). The summed E-state index contributed by atoms with van der Waals surface area (Å²) in [4.78, 5) is 0. The third-order valence-electron chi connectivity index (χ3n) is 5.72. The van der Waals surface area contributed by atoms with Crippen molar-refractivity contribution in [3.8, 4) is 5.75 Å². The summed E-state index contributed by atoms with van der Waals surface area (Å²) in [5.74, 6) is 0.752. The Kier molecular flexibility index (Phi) is 18.3. The van der Waals surface area contributed by atoms with Crippen LogP contribution in [0.4, 0.5) is 0 Å². The van der Waals surface area contributed by atoms with E-state index in [2.05, 4.69) is 32.0 Å². The van der Waals surface area contributed by atoms with Gasteiger partial charge < -0.3 is 9.29 Å². The van der Waals surface area contributed by atoms with Gasteiger partial charge in [-0.05, 0) is 49.8 Å². The van der Waals surface area contributed by atoms with Gasteiger partial charge in [-0.3, -0.25) is 0 Å². The Morgan fingerprint density at radius 3 is 1.90 bits per heavy atom. The van der Waals surface area contributed by atoms with Crippen molar-refractivity contribution >= 4 is 10.1 Å². The van der Waals surface area contributed by atoms with Crippen LogP contribution in [0.1, 0.15) is 109 Å². The van der Waals surface area contributed by atoms with Crippen molar-refractivity contribution in [3.63, 3.8) is 0 Å². The van der Waals surface area contributed by atoms with E-state index < -0.39 is 15.4 Å². The Labute approximate surface area is 214 Å². The number of hydrogen-bond acceptors (Lipinski definition) is 4. The normalized spacial score (nSPS) is 12.4. The summed E-state index contributed by atoms with van der Waals surface area (Å²) in [6.07, 6.45) is 16.9. The number of unbranched alkanes of at least 4 members (excludes halogenated alkanes) is 10. The Morgan fingerprint density at radius 2 is 1.35 bits per heavy atom. The molecule has 0 spiro atoms. The van der Waals surface area contributed by atoms with E-state index in [1.807, 2.05) is 0 Å². The molecule has 31 heavy (non-hydrogen) atoms. The molecule has 0 saturated carbocycles. The minimum absolute atomic E-state index is 0. The third-order valence-corrected chi connectivity index (χ3v) is 6.84. The average Bonchev–Trinajstić information content (AvgIpc) is 2.71. The summed E-state index contributed by atoms with van der Waals surface area (Å²) in [5.41, 5.74) is 2.34. The Morgan fingerprint density at radius 1 is 0.839 bits per heavy atom. The molecular weight excluding hydrogens is 419 g/mol. The zero-order chi connectivity index (χ0) is 22.2. The van der Waals surface area contributed by atoms with Crippen LogP contribution in [0.2, 0.25) is 0 Å². The molecule has 1 aromatic carbocycles. The first-order valence-electron chi connectivity index (χ1n) is 12.1. The van der Waals surface area contributed by atoms with Crippen molar-refractivity contribution < 1.29 is 47.3 Å². The molecule has 0 fully saturated rings. The van der Waals surface area contributed by atoms with Crippen LogP contribution >= 0.6 is 0 Å². The Bertz CT molecular complexity index is 676. The van der Waals surface area contributed by atoms with Gasteiger partial charge in [0, 0.05) is 0 Å². The summed E-state index contributed by atoms with van der Waals surface area (Å²) < 4.78 is 39.5. The minimum atomic E-state index is -4.33. The van der Waals surface area contributed by atoms with Crippen molar-refractivity contribution in [3.05, 3.63) is 29.3 Å². The quantitative estimate of drug-likeness (QED) is 0.189. The van der Waals surface area contributed by atoms with E-state index in [4.69, 9.17) is 4.74 Å². The van der Waals surface area contributed by atoms with E-state index in [1.54, 1.807) is 0 Å². The molecule has 1 atom stereocenters. The molecule has 0 aliphatic heterocycles. The van der Waals surface area contributed by atoms with Gasteiger partial charge >= 0.3 is 29.6 Å². The second-order valence-corrected chi connectivity index (χ2v) is 10.4. The van der Waals surface area contributed by atoms with E-state index in [-0.39, 0.29) is 36.2 Å². The maximum Gasteiger partial charge on any atom is 1.00 e. The van der Waals surface area contributed by atoms with Gasteiger partial charge in [0.2, 0.25) is 0 Å². The van der Waals surface area contributed by atoms with E-state index in [1.165, 1.54) is 76.7 Å². The van der Waals surface area contributed by atoms with E-state index >= 15 is 0 Å². The topological polar surface area (TPSA) is 66.4 Å². The number of rotatable bonds is 18. The van der Waals surface area contributed by atoms with Crippen LogP contribution in [0.5, 0.6) is 5.75 Å². The second-order valence-electron chi connectivity index (χ2n) is 8.59. The summed E-state index contributed by atoms with van der Waals surface area (Å²) in [6, 6.07) is 6.37. The number of benzene rings is 1. The molecule has 0 bridgehead atoms. The average molecular weight is 463 g/mol. The fraction of sp³-hybridized carbons (Fsp3) is 0.760. The molecule has 0 radical (unpaired) electrons. The van der Waals surface area contributed by atoms with Crippen LogP contribution in [0.3, 0.4) is 0 Å². The van der Waals surface area contributed by atoms with Crippen molar-refractivity contribution in [2.24, 2.45) is 0 Å². The zero-order valence-electron chi connectivity index (χ0n) is 20.5. The Hall–Kier alpha value is -0.0700. The minimum Gasteiger partial charge on any atom is -0.748 e. The molecule has 0 amide bonds.